The van der Waals surface area contributed by atoms with E-state index in [4.69, 9.17) is 10.7 Å². The van der Waals surface area contributed by atoms with Crippen molar-refractivity contribution in [3.63, 3.8) is 0 Å². The highest BCUT2D eigenvalue weighted by Gasteiger charge is 2.48. The third kappa shape index (κ3) is 3.68. The Bertz CT molecular complexity index is 1130. The highest BCUT2D eigenvalue weighted by atomic mass is 19.4. The predicted octanol–water partition coefficient (Wildman–Crippen LogP) is 3.36. The van der Waals surface area contributed by atoms with Crippen molar-refractivity contribution in [3.05, 3.63) is 52.8 Å². The van der Waals surface area contributed by atoms with Crippen LogP contribution in [0, 0.1) is 6.92 Å². The van der Waals surface area contributed by atoms with Gasteiger partial charge in [0.2, 0.25) is 11.8 Å². The molecule has 162 valence electrons. The van der Waals surface area contributed by atoms with E-state index in [1.807, 2.05) is 0 Å². The van der Waals surface area contributed by atoms with E-state index in [-0.39, 0.29) is 17.0 Å². The quantitative estimate of drug-likeness (QED) is 0.810. The first-order valence-corrected chi connectivity index (χ1v) is 9.85. The maximum Gasteiger partial charge on any atom is 0.416 e. The number of alkyl halides is 3. The minimum atomic E-state index is -4.56. The molecule has 3 heterocycles. The normalized spacial score (nSPS) is 21.1. The van der Waals surface area contributed by atoms with Crippen molar-refractivity contribution in [1.29, 1.82) is 0 Å². The van der Waals surface area contributed by atoms with Crippen LogP contribution in [-0.2, 0) is 11.0 Å². The van der Waals surface area contributed by atoms with Crippen LogP contribution in [0.5, 0.6) is 0 Å². The number of hydrogen-bond donors (Lipinski definition) is 1. The maximum atomic E-state index is 13.3. The van der Waals surface area contributed by atoms with Crippen molar-refractivity contribution in [1.82, 2.24) is 9.88 Å². The Morgan fingerprint density at radius 1 is 1.19 bits per heavy atom. The van der Waals surface area contributed by atoms with E-state index >= 15 is 0 Å². The van der Waals surface area contributed by atoms with Gasteiger partial charge >= 0.3 is 6.18 Å². The largest absolute Gasteiger partial charge is 0.416 e. The number of aryl methyl sites for hydroxylation is 1. The number of carbonyl (C=O) groups is 2. The van der Waals surface area contributed by atoms with Gasteiger partial charge in [0, 0.05) is 24.8 Å². The van der Waals surface area contributed by atoms with Crippen LogP contribution < -0.4 is 5.73 Å². The van der Waals surface area contributed by atoms with Crippen LogP contribution in [0.2, 0.25) is 0 Å². The van der Waals surface area contributed by atoms with Gasteiger partial charge < -0.3 is 10.6 Å². The van der Waals surface area contributed by atoms with Crippen LogP contribution >= 0.6 is 0 Å². The van der Waals surface area contributed by atoms with Crippen LogP contribution in [0.25, 0.3) is 11.1 Å². The number of amides is 2. The first kappa shape index (κ1) is 21.0. The number of nitrogens with two attached hydrogens (primary N) is 1. The average molecular weight is 430 g/mol. The third-order valence-corrected chi connectivity index (χ3v) is 5.90. The summed E-state index contributed by atoms with van der Waals surface area (Å²) in [5, 5.41) is 0. The third-order valence-electron chi connectivity index (χ3n) is 5.90. The van der Waals surface area contributed by atoms with Crippen LogP contribution in [0.4, 0.5) is 13.2 Å². The van der Waals surface area contributed by atoms with E-state index in [1.165, 1.54) is 0 Å². The fraction of sp³-hybridized carbons (Fsp3) is 0.364. The highest BCUT2D eigenvalue weighted by molar-refractivity contribution is 6.06. The summed E-state index contributed by atoms with van der Waals surface area (Å²) in [6.07, 6.45) is -2.82. The van der Waals surface area contributed by atoms with Crippen molar-refractivity contribution in [2.75, 3.05) is 13.6 Å². The minimum Gasteiger partial charge on any atom is -0.366 e. The van der Waals surface area contributed by atoms with Gasteiger partial charge in [0.25, 0.3) is 0 Å². The lowest BCUT2D eigenvalue weighted by atomic mass is 9.94. The number of aromatic nitrogens is 1. The van der Waals surface area contributed by atoms with Crippen molar-refractivity contribution in [2.24, 2.45) is 10.7 Å². The fourth-order valence-electron chi connectivity index (χ4n) is 4.28. The van der Waals surface area contributed by atoms with E-state index in [1.54, 1.807) is 31.0 Å². The molecule has 2 aromatic rings. The zero-order valence-electron chi connectivity index (χ0n) is 17.1. The summed E-state index contributed by atoms with van der Waals surface area (Å²) in [5.74, 6) is -0.847. The number of likely N-dealkylation sites (N-methyl/N-ethyl adjacent to an activating group) is 1. The topological polar surface area (TPSA) is 88.7 Å². The molecule has 6 nitrogen and oxygen atoms in total. The first-order chi connectivity index (χ1) is 14.5. The number of hydrogen-bond acceptors (Lipinski definition) is 4. The van der Waals surface area contributed by atoms with Crippen molar-refractivity contribution in [3.8, 4) is 11.1 Å². The van der Waals surface area contributed by atoms with Crippen LogP contribution in [0.15, 0.2) is 35.3 Å². The van der Waals surface area contributed by atoms with Gasteiger partial charge in [-0.15, -0.1) is 0 Å². The molecule has 2 amide bonds. The summed E-state index contributed by atoms with van der Waals surface area (Å²) in [6.45, 7) is 2.35. The number of nitrogens with zero attached hydrogens (tertiary/aromatic N) is 3. The second kappa shape index (κ2) is 7.18. The monoisotopic (exact) mass is 430 g/mol. The molecule has 1 fully saturated rings. The lowest BCUT2D eigenvalue weighted by Crippen LogP contribution is -2.35. The molecule has 4 rings (SSSR count). The van der Waals surface area contributed by atoms with Gasteiger partial charge in [0.1, 0.15) is 5.54 Å². The van der Waals surface area contributed by atoms with E-state index < -0.39 is 23.2 Å². The Balaban J connectivity index is 1.81. The van der Waals surface area contributed by atoms with Gasteiger partial charge in [0.15, 0.2) is 0 Å². The van der Waals surface area contributed by atoms with Crippen LogP contribution in [0.3, 0.4) is 0 Å². The molecule has 1 atom stereocenters. The zero-order chi connectivity index (χ0) is 22.6. The molecule has 0 bridgehead atoms. The molecule has 2 aliphatic rings. The number of aliphatic imine (C=N–C) groups is 1. The molecule has 2 aliphatic heterocycles. The number of primary amides is 1. The fourth-order valence-corrected chi connectivity index (χ4v) is 4.28. The Labute approximate surface area is 177 Å². The Morgan fingerprint density at radius 3 is 2.55 bits per heavy atom. The van der Waals surface area contributed by atoms with Crippen LogP contribution in [0.1, 0.15) is 46.6 Å². The predicted molar refractivity (Wildman–Crippen MR) is 109 cm³/mol. The molecule has 0 saturated carbocycles. The number of halogens is 3. The summed E-state index contributed by atoms with van der Waals surface area (Å²) in [7, 11) is 1.74. The smallest absolute Gasteiger partial charge is 0.366 e. The SMILES string of the molecule is Cc1cc(-c2cc(C(F)(F)F)ccc2C(N)=O)cc(C2=N[C@]3(CC2)CCN(C)C3=O)n1. The summed E-state index contributed by atoms with van der Waals surface area (Å²) >= 11 is 0. The average Bonchev–Trinajstić information content (AvgIpc) is 3.26. The summed E-state index contributed by atoms with van der Waals surface area (Å²) in [6, 6.07) is 6.06. The Kier molecular flexibility index (Phi) is 4.87. The number of pyridine rings is 1. The van der Waals surface area contributed by atoms with Gasteiger partial charge in [-0.05, 0) is 67.6 Å². The first-order valence-electron chi connectivity index (χ1n) is 9.85. The zero-order valence-corrected chi connectivity index (χ0v) is 17.1. The summed E-state index contributed by atoms with van der Waals surface area (Å²) < 4.78 is 39.8. The molecule has 0 radical (unpaired) electrons. The van der Waals surface area contributed by atoms with Gasteiger partial charge in [0.05, 0.1) is 17.0 Å². The van der Waals surface area contributed by atoms with E-state index in [0.29, 0.717) is 48.5 Å². The van der Waals surface area contributed by atoms with Gasteiger partial charge in [-0.3, -0.25) is 19.6 Å². The van der Waals surface area contributed by atoms with Crippen molar-refractivity contribution in [2.45, 2.75) is 37.9 Å². The number of rotatable bonds is 3. The molecular weight excluding hydrogens is 409 g/mol. The molecular formula is C22H21F3N4O2. The Hall–Kier alpha value is -3.23. The summed E-state index contributed by atoms with van der Waals surface area (Å²) in [5.41, 5.74) is 5.91. The number of benzene rings is 1. The second-order valence-corrected chi connectivity index (χ2v) is 8.07. The van der Waals surface area contributed by atoms with Gasteiger partial charge in [-0.25, -0.2) is 0 Å². The molecule has 9 heteroatoms. The number of carbonyl (C=O) groups excluding carboxylic acids is 2. The molecule has 2 N–H and O–H groups in total. The molecule has 1 spiro atoms. The molecule has 1 saturated heterocycles. The number of likely N-dealkylation sites (tertiary alicyclic amines) is 1. The van der Waals surface area contributed by atoms with Gasteiger partial charge in [-0.1, -0.05) is 0 Å². The van der Waals surface area contributed by atoms with E-state index in [2.05, 4.69) is 4.98 Å². The molecule has 31 heavy (non-hydrogen) atoms. The van der Waals surface area contributed by atoms with Gasteiger partial charge in [-0.2, -0.15) is 13.2 Å². The second-order valence-electron chi connectivity index (χ2n) is 8.07. The standard InChI is InChI=1S/C22H21F3N4O2/c1-12-9-13(16-11-14(22(23,24)25)3-4-15(16)19(26)30)10-18(27-12)17-5-6-21(28-17)7-8-29(2)20(21)31/h3-4,9-11H,5-8H2,1-2H3,(H2,26,30)/t21-/m1/s1. The lowest BCUT2D eigenvalue weighted by molar-refractivity contribution is -0.137. The molecule has 1 aromatic heterocycles. The van der Waals surface area contributed by atoms with E-state index in [0.717, 1.165) is 18.2 Å². The van der Waals surface area contributed by atoms with Crippen LogP contribution in [-0.4, -0.2) is 46.5 Å². The minimum absolute atomic E-state index is 0.0121. The van der Waals surface area contributed by atoms with E-state index in [9.17, 15) is 22.8 Å². The maximum absolute atomic E-state index is 13.3. The van der Waals surface area contributed by atoms with Crippen molar-refractivity contribution < 1.29 is 22.8 Å². The summed E-state index contributed by atoms with van der Waals surface area (Å²) in [4.78, 5) is 35.3. The molecule has 0 aliphatic carbocycles. The van der Waals surface area contributed by atoms with Crippen molar-refractivity contribution >= 4 is 17.5 Å². The Morgan fingerprint density at radius 2 is 1.94 bits per heavy atom. The molecule has 1 aromatic carbocycles. The lowest BCUT2D eigenvalue weighted by Gasteiger charge is -2.17. The highest BCUT2D eigenvalue weighted by Crippen LogP contribution is 2.38. The molecule has 0 unspecified atom stereocenters.